The predicted octanol–water partition coefficient (Wildman–Crippen LogP) is 3.80. The third-order valence-corrected chi connectivity index (χ3v) is 7.66. The van der Waals surface area contributed by atoms with Crippen LogP contribution >= 0.6 is 11.3 Å². The van der Waals surface area contributed by atoms with Gasteiger partial charge in [-0.15, -0.1) is 11.3 Å². The van der Waals surface area contributed by atoms with E-state index in [0.717, 1.165) is 42.0 Å². The van der Waals surface area contributed by atoms with Crippen LogP contribution in [0.3, 0.4) is 0 Å². The monoisotopic (exact) mass is 478 g/mol. The number of benzene rings is 2. The second-order valence-corrected chi connectivity index (χ2v) is 10.0. The zero-order chi connectivity index (χ0) is 23.5. The van der Waals surface area contributed by atoms with E-state index in [1.807, 2.05) is 59.2 Å². The fraction of sp³-hybridized carbons (Fsp3) is 0.423. The summed E-state index contributed by atoms with van der Waals surface area (Å²) in [6.45, 7) is 4.65. The molecule has 1 N–H and O–H groups in total. The van der Waals surface area contributed by atoms with E-state index >= 15 is 0 Å². The number of piperidine rings is 1. The van der Waals surface area contributed by atoms with Crippen LogP contribution in [0.15, 0.2) is 48.5 Å². The SMILES string of the molecule is CCCNC(=O)[C@H]1CN(CC(=O)N2CCC[C@@H](c3nc4ccccc4s3)C2)c2ccccc2O1. The summed E-state index contributed by atoms with van der Waals surface area (Å²) in [5.41, 5.74) is 1.89. The van der Waals surface area contributed by atoms with Crippen LogP contribution in [0.25, 0.3) is 10.2 Å². The summed E-state index contributed by atoms with van der Waals surface area (Å²) in [5, 5.41) is 4.03. The van der Waals surface area contributed by atoms with Gasteiger partial charge in [0, 0.05) is 25.6 Å². The molecule has 0 saturated carbocycles. The van der Waals surface area contributed by atoms with Crippen LogP contribution in [-0.4, -0.2) is 60.5 Å². The van der Waals surface area contributed by atoms with Crippen molar-refractivity contribution in [3.63, 3.8) is 0 Å². The van der Waals surface area contributed by atoms with Crippen molar-refractivity contribution in [1.29, 1.82) is 0 Å². The highest BCUT2D eigenvalue weighted by molar-refractivity contribution is 7.18. The van der Waals surface area contributed by atoms with E-state index in [9.17, 15) is 9.59 Å². The molecule has 3 aromatic rings. The van der Waals surface area contributed by atoms with Crippen molar-refractivity contribution in [2.45, 2.75) is 38.2 Å². The maximum absolute atomic E-state index is 13.4. The molecule has 2 aliphatic rings. The quantitative estimate of drug-likeness (QED) is 0.583. The number of amides is 2. The number of rotatable bonds is 6. The van der Waals surface area contributed by atoms with Crippen molar-refractivity contribution in [3.05, 3.63) is 53.5 Å². The number of likely N-dealkylation sites (tertiary alicyclic amines) is 1. The Morgan fingerprint density at radius 2 is 1.97 bits per heavy atom. The summed E-state index contributed by atoms with van der Waals surface area (Å²) in [6, 6.07) is 15.8. The molecule has 1 saturated heterocycles. The molecule has 34 heavy (non-hydrogen) atoms. The van der Waals surface area contributed by atoms with Crippen molar-refractivity contribution in [1.82, 2.24) is 15.2 Å². The lowest BCUT2D eigenvalue weighted by molar-refractivity contribution is -0.132. The lowest BCUT2D eigenvalue weighted by Gasteiger charge is -2.38. The van der Waals surface area contributed by atoms with Gasteiger partial charge >= 0.3 is 0 Å². The number of hydrogen-bond acceptors (Lipinski definition) is 6. The van der Waals surface area contributed by atoms with Crippen molar-refractivity contribution in [2.24, 2.45) is 0 Å². The largest absolute Gasteiger partial charge is 0.477 e. The maximum atomic E-state index is 13.4. The fourth-order valence-electron chi connectivity index (χ4n) is 4.69. The summed E-state index contributed by atoms with van der Waals surface area (Å²) in [5.74, 6) is 0.849. The second-order valence-electron chi connectivity index (χ2n) is 8.94. The van der Waals surface area contributed by atoms with Crippen LogP contribution in [0, 0.1) is 0 Å². The molecule has 0 unspecified atom stereocenters. The first-order chi connectivity index (χ1) is 16.6. The van der Waals surface area contributed by atoms with Crippen LogP contribution in [-0.2, 0) is 9.59 Å². The van der Waals surface area contributed by atoms with Crippen LogP contribution in [0.1, 0.15) is 37.1 Å². The van der Waals surface area contributed by atoms with Crippen molar-refractivity contribution in [3.8, 4) is 5.75 Å². The molecular formula is C26H30N4O3S. The number of carbonyl (C=O) groups is 2. The standard InChI is InChI=1S/C26H30N4O3S/c1-2-13-27-25(32)22-16-30(20-10-4-5-11-21(20)33-22)17-24(31)29-14-7-8-18(15-29)26-28-19-9-3-6-12-23(19)34-26/h3-6,9-12,18,22H,2,7-8,13-17H2,1H3,(H,27,32)/t18-,22-/m1/s1. The third kappa shape index (κ3) is 4.73. The van der Waals surface area contributed by atoms with Crippen LogP contribution < -0.4 is 15.0 Å². The molecule has 2 amide bonds. The topological polar surface area (TPSA) is 74.8 Å². The van der Waals surface area contributed by atoms with Gasteiger partial charge in [0.05, 0.1) is 34.0 Å². The number of thiazole rings is 1. The second kappa shape index (κ2) is 10.0. The molecule has 0 spiro atoms. The smallest absolute Gasteiger partial charge is 0.262 e. The fourth-order valence-corrected chi connectivity index (χ4v) is 5.78. The summed E-state index contributed by atoms with van der Waals surface area (Å²) >= 11 is 1.73. The van der Waals surface area contributed by atoms with Crippen LogP contribution in [0.4, 0.5) is 5.69 Å². The molecular weight excluding hydrogens is 448 g/mol. The molecule has 7 nitrogen and oxygen atoms in total. The summed E-state index contributed by atoms with van der Waals surface area (Å²) in [4.78, 5) is 34.8. The Hall–Kier alpha value is -3.13. The van der Waals surface area contributed by atoms with Crippen LogP contribution in [0.5, 0.6) is 5.75 Å². The molecule has 2 aromatic carbocycles. The molecule has 8 heteroatoms. The Bertz CT molecular complexity index is 1150. The van der Waals surface area contributed by atoms with Gasteiger partial charge in [-0.3, -0.25) is 9.59 Å². The minimum Gasteiger partial charge on any atom is -0.477 e. The molecule has 5 rings (SSSR count). The Kier molecular flexibility index (Phi) is 6.67. The molecule has 1 aromatic heterocycles. The molecule has 0 aliphatic carbocycles. The van der Waals surface area contributed by atoms with Crippen molar-refractivity contribution < 1.29 is 14.3 Å². The van der Waals surface area contributed by atoms with Gasteiger partial charge in [0.15, 0.2) is 6.10 Å². The normalized spacial score (nSPS) is 20.0. The number of nitrogens with one attached hydrogen (secondary N) is 1. The zero-order valence-electron chi connectivity index (χ0n) is 19.4. The average Bonchev–Trinajstić information content (AvgIpc) is 3.32. The number of aromatic nitrogens is 1. The Labute approximate surface area is 203 Å². The highest BCUT2D eigenvalue weighted by Crippen LogP contribution is 2.35. The third-order valence-electron chi connectivity index (χ3n) is 6.46. The molecule has 3 heterocycles. The summed E-state index contributed by atoms with van der Waals surface area (Å²) < 4.78 is 7.16. The number of fused-ring (bicyclic) bond motifs is 2. The number of nitrogens with zero attached hydrogens (tertiary/aromatic N) is 3. The van der Waals surface area contributed by atoms with Gasteiger partial charge in [-0.1, -0.05) is 31.2 Å². The van der Waals surface area contributed by atoms with E-state index < -0.39 is 6.10 Å². The Morgan fingerprint density at radius 1 is 1.15 bits per heavy atom. The molecule has 0 radical (unpaired) electrons. The Balaban J connectivity index is 1.29. The number of hydrogen-bond donors (Lipinski definition) is 1. The number of para-hydroxylation sites is 3. The van der Waals surface area contributed by atoms with E-state index in [4.69, 9.17) is 9.72 Å². The molecule has 0 bridgehead atoms. The van der Waals surface area contributed by atoms with Gasteiger partial charge in [0.25, 0.3) is 5.91 Å². The summed E-state index contributed by atoms with van der Waals surface area (Å²) in [6.07, 6.45) is 2.24. The van der Waals surface area contributed by atoms with E-state index in [2.05, 4.69) is 11.4 Å². The van der Waals surface area contributed by atoms with Gasteiger partial charge in [-0.25, -0.2) is 4.98 Å². The molecule has 2 aliphatic heterocycles. The van der Waals surface area contributed by atoms with E-state index in [0.29, 0.717) is 25.4 Å². The van der Waals surface area contributed by atoms with Gasteiger partial charge in [-0.2, -0.15) is 0 Å². The van der Waals surface area contributed by atoms with Gasteiger partial charge in [0.1, 0.15) is 5.75 Å². The first-order valence-corrected chi connectivity index (χ1v) is 12.9. The highest BCUT2D eigenvalue weighted by atomic mass is 32.1. The molecule has 2 atom stereocenters. The number of carbonyl (C=O) groups excluding carboxylic acids is 2. The lowest BCUT2D eigenvalue weighted by atomic mass is 9.98. The maximum Gasteiger partial charge on any atom is 0.262 e. The average molecular weight is 479 g/mol. The van der Waals surface area contributed by atoms with Crippen molar-refractivity contribution >= 4 is 39.1 Å². The minimum absolute atomic E-state index is 0.0789. The molecule has 178 valence electrons. The van der Waals surface area contributed by atoms with Crippen LogP contribution in [0.2, 0.25) is 0 Å². The Morgan fingerprint density at radius 3 is 2.82 bits per heavy atom. The first kappa shape index (κ1) is 22.7. The van der Waals surface area contributed by atoms with E-state index in [1.165, 1.54) is 4.70 Å². The zero-order valence-corrected chi connectivity index (χ0v) is 20.2. The highest BCUT2D eigenvalue weighted by Gasteiger charge is 2.33. The van der Waals surface area contributed by atoms with E-state index in [1.54, 1.807) is 11.3 Å². The number of ether oxygens (including phenoxy) is 1. The van der Waals surface area contributed by atoms with Gasteiger partial charge in [-0.05, 0) is 43.5 Å². The van der Waals surface area contributed by atoms with Gasteiger partial charge < -0.3 is 19.9 Å². The lowest BCUT2D eigenvalue weighted by Crippen LogP contribution is -2.52. The van der Waals surface area contributed by atoms with E-state index in [-0.39, 0.29) is 24.3 Å². The summed E-state index contributed by atoms with van der Waals surface area (Å²) in [7, 11) is 0. The number of anilines is 1. The minimum atomic E-state index is -0.633. The molecule has 1 fully saturated rings. The van der Waals surface area contributed by atoms with Crippen molar-refractivity contribution in [2.75, 3.05) is 37.6 Å². The first-order valence-electron chi connectivity index (χ1n) is 12.0. The predicted molar refractivity (Wildman–Crippen MR) is 135 cm³/mol. The van der Waals surface area contributed by atoms with Gasteiger partial charge in [0.2, 0.25) is 5.91 Å².